The van der Waals surface area contributed by atoms with E-state index in [4.69, 9.17) is 0 Å². The van der Waals surface area contributed by atoms with E-state index < -0.39 is 0 Å². The molecule has 0 saturated heterocycles. The highest BCUT2D eigenvalue weighted by molar-refractivity contribution is 7.13. The van der Waals surface area contributed by atoms with Gasteiger partial charge >= 0.3 is 0 Å². The third kappa shape index (κ3) is 2.75. The maximum atomic E-state index is 12.0. The predicted octanol–water partition coefficient (Wildman–Crippen LogP) is 2.51. The van der Waals surface area contributed by atoms with Crippen LogP contribution in [0.5, 0.6) is 0 Å². The molecule has 0 saturated carbocycles. The standard InChI is InChI=1S/C14H12N4OS/c19-13-12(11-7-4-8-20-11)17-18-14(16-13)15-9-10-5-2-1-3-6-10/h1-8H,9H2,(H2,15,16,18,19). The van der Waals surface area contributed by atoms with Gasteiger partial charge in [0.1, 0.15) is 0 Å². The molecule has 0 fully saturated rings. The number of rotatable bonds is 4. The molecule has 3 rings (SSSR count). The largest absolute Gasteiger partial charge is 0.350 e. The predicted molar refractivity (Wildman–Crippen MR) is 79.7 cm³/mol. The second kappa shape index (κ2) is 5.66. The van der Waals surface area contributed by atoms with Crippen LogP contribution < -0.4 is 10.9 Å². The van der Waals surface area contributed by atoms with E-state index in [1.54, 1.807) is 0 Å². The van der Waals surface area contributed by atoms with Crippen molar-refractivity contribution >= 4 is 17.3 Å². The fraction of sp³-hybridized carbons (Fsp3) is 0.0714. The lowest BCUT2D eigenvalue weighted by atomic mass is 10.2. The van der Waals surface area contributed by atoms with Gasteiger partial charge in [0.05, 0.1) is 4.88 Å². The Morgan fingerprint density at radius 3 is 2.65 bits per heavy atom. The SMILES string of the molecule is O=c1[nH]c(NCc2ccccc2)nnc1-c1cccs1. The van der Waals surface area contributed by atoms with Gasteiger partial charge < -0.3 is 5.32 Å². The molecule has 0 amide bonds. The molecule has 2 aromatic heterocycles. The highest BCUT2D eigenvalue weighted by atomic mass is 32.1. The zero-order chi connectivity index (χ0) is 13.8. The van der Waals surface area contributed by atoms with Gasteiger partial charge in [-0.25, -0.2) is 0 Å². The summed E-state index contributed by atoms with van der Waals surface area (Å²) in [6, 6.07) is 13.6. The van der Waals surface area contributed by atoms with Crippen LogP contribution in [0.2, 0.25) is 0 Å². The zero-order valence-corrected chi connectivity index (χ0v) is 11.4. The molecule has 0 unspecified atom stereocenters. The van der Waals surface area contributed by atoms with Crippen molar-refractivity contribution in [2.24, 2.45) is 0 Å². The quantitative estimate of drug-likeness (QED) is 0.772. The summed E-state index contributed by atoms with van der Waals surface area (Å²) in [5.74, 6) is 0.374. The maximum Gasteiger partial charge on any atom is 0.279 e. The van der Waals surface area contributed by atoms with E-state index in [9.17, 15) is 4.79 Å². The van der Waals surface area contributed by atoms with Crippen LogP contribution in [-0.2, 0) is 6.54 Å². The van der Waals surface area contributed by atoms with Crippen LogP contribution in [0.25, 0.3) is 10.6 Å². The first-order chi connectivity index (χ1) is 9.83. The van der Waals surface area contributed by atoms with Gasteiger partial charge in [-0.1, -0.05) is 36.4 Å². The number of thiophene rings is 1. The van der Waals surface area contributed by atoms with Gasteiger partial charge in [0.15, 0.2) is 5.69 Å². The van der Waals surface area contributed by atoms with Crippen molar-refractivity contribution in [2.45, 2.75) is 6.54 Å². The van der Waals surface area contributed by atoms with Gasteiger partial charge in [0, 0.05) is 6.54 Å². The minimum absolute atomic E-state index is 0.238. The molecule has 2 N–H and O–H groups in total. The Bertz CT molecular complexity index is 737. The number of H-pyrrole nitrogens is 1. The number of nitrogens with zero attached hydrogens (tertiary/aromatic N) is 2. The summed E-state index contributed by atoms with van der Waals surface area (Å²) in [4.78, 5) is 15.5. The molecule has 100 valence electrons. The van der Waals surface area contributed by atoms with E-state index in [1.807, 2.05) is 47.8 Å². The summed E-state index contributed by atoms with van der Waals surface area (Å²) in [5, 5.41) is 12.9. The molecule has 1 aromatic carbocycles. The molecule has 0 aliphatic carbocycles. The molecular formula is C14H12N4OS. The van der Waals surface area contributed by atoms with Crippen molar-refractivity contribution in [3.63, 3.8) is 0 Å². The smallest absolute Gasteiger partial charge is 0.279 e. The Morgan fingerprint density at radius 1 is 1.10 bits per heavy atom. The van der Waals surface area contributed by atoms with Crippen LogP contribution in [0.4, 0.5) is 5.95 Å². The molecule has 0 aliphatic heterocycles. The molecule has 0 aliphatic rings. The van der Waals surface area contributed by atoms with Gasteiger partial charge in [0.2, 0.25) is 5.95 Å². The van der Waals surface area contributed by atoms with Crippen molar-refractivity contribution in [1.29, 1.82) is 0 Å². The molecule has 20 heavy (non-hydrogen) atoms. The number of aromatic nitrogens is 3. The summed E-state index contributed by atoms with van der Waals surface area (Å²) in [5.41, 5.74) is 1.22. The molecule has 0 bridgehead atoms. The van der Waals surface area contributed by atoms with Crippen LogP contribution in [0.3, 0.4) is 0 Å². The van der Waals surface area contributed by atoms with E-state index in [2.05, 4.69) is 20.5 Å². The minimum Gasteiger partial charge on any atom is -0.350 e. The Hall–Kier alpha value is -2.47. The van der Waals surface area contributed by atoms with E-state index >= 15 is 0 Å². The summed E-state index contributed by atoms with van der Waals surface area (Å²) in [6.45, 7) is 0.587. The van der Waals surface area contributed by atoms with Gasteiger partial charge in [-0.15, -0.1) is 21.5 Å². The summed E-state index contributed by atoms with van der Waals surface area (Å²) in [7, 11) is 0. The van der Waals surface area contributed by atoms with E-state index in [0.717, 1.165) is 10.4 Å². The third-order valence-corrected chi connectivity index (χ3v) is 3.63. The monoisotopic (exact) mass is 284 g/mol. The lowest BCUT2D eigenvalue weighted by molar-refractivity contribution is 0.933. The molecule has 5 nitrogen and oxygen atoms in total. The highest BCUT2D eigenvalue weighted by Crippen LogP contribution is 2.18. The normalized spacial score (nSPS) is 10.4. The van der Waals surface area contributed by atoms with Crippen molar-refractivity contribution in [3.05, 3.63) is 63.8 Å². The summed E-state index contributed by atoms with van der Waals surface area (Å²) >= 11 is 1.46. The number of aromatic amines is 1. The number of hydrogen-bond acceptors (Lipinski definition) is 5. The topological polar surface area (TPSA) is 70.7 Å². The first kappa shape index (κ1) is 12.6. The van der Waals surface area contributed by atoms with E-state index in [-0.39, 0.29) is 5.56 Å². The van der Waals surface area contributed by atoms with Crippen LogP contribution in [0.1, 0.15) is 5.56 Å². The average molecular weight is 284 g/mol. The van der Waals surface area contributed by atoms with Crippen LogP contribution in [0, 0.1) is 0 Å². The number of hydrogen-bond donors (Lipinski definition) is 2. The van der Waals surface area contributed by atoms with Crippen LogP contribution >= 0.6 is 11.3 Å². The van der Waals surface area contributed by atoms with Gasteiger partial charge in [-0.05, 0) is 17.0 Å². The molecule has 0 radical (unpaired) electrons. The number of nitrogens with one attached hydrogen (secondary N) is 2. The van der Waals surface area contributed by atoms with E-state index in [0.29, 0.717) is 18.2 Å². The second-order valence-corrected chi connectivity index (χ2v) is 5.12. The van der Waals surface area contributed by atoms with Gasteiger partial charge in [-0.3, -0.25) is 9.78 Å². The molecule has 0 atom stereocenters. The lowest BCUT2D eigenvalue weighted by Crippen LogP contribution is -2.16. The Balaban J connectivity index is 1.76. The van der Waals surface area contributed by atoms with Gasteiger partial charge in [0.25, 0.3) is 5.56 Å². The molecule has 0 spiro atoms. The summed E-state index contributed by atoms with van der Waals surface area (Å²) in [6.07, 6.45) is 0. The Labute approximate surface area is 119 Å². The Morgan fingerprint density at radius 2 is 1.95 bits per heavy atom. The van der Waals surface area contributed by atoms with Gasteiger partial charge in [-0.2, -0.15) is 0 Å². The molecule has 3 aromatic rings. The van der Waals surface area contributed by atoms with E-state index in [1.165, 1.54) is 11.3 Å². The summed E-state index contributed by atoms with van der Waals surface area (Å²) < 4.78 is 0. The first-order valence-corrected chi connectivity index (χ1v) is 6.99. The van der Waals surface area contributed by atoms with Crippen LogP contribution in [-0.4, -0.2) is 15.2 Å². The fourth-order valence-corrected chi connectivity index (χ4v) is 2.48. The minimum atomic E-state index is -0.238. The third-order valence-electron chi connectivity index (χ3n) is 2.75. The molecule has 2 heterocycles. The Kier molecular flexibility index (Phi) is 3.56. The number of anilines is 1. The van der Waals surface area contributed by atoms with Crippen LogP contribution in [0.15, 0.2) is 52.6 Å². The highest BCUT2D eigenvalue weighted by Gasteiger charge is 2.07. The average Bonchev–Trinajstić information content (AvgIpc) is 3.00. The van der Waals surface area contributed by atoms with Crippen molar-refractivity contribution < 1.29 is 0 Å². The molecule has 6 heteroatoms. The molecular weight excluding hydrogens is 272 g/mol. The fourth-order valence-electron chi connectivity index (χ4n) is 1.77. The second-order valence-electron chi connectivity index (χ2n) is 4.17. The number of benzene rings is 1. The van der Waals surface area contributed by atoms with Crippen molar-refractivity contribution in [1.82, 2.24) is 15.2 Å². The lowest BCUT2D eigenvalue weighted by Gasteiger charge is -2.04. The zero-order valence-electron chi connectivity index (χ0n) is 10.5. The van der Waals surface area contributed by atoms with Crippen molar-refractivity contribution in [3.8, 4) is 10.6 Å². The van der Waals surface area contributed by atoms with Crippen molar-refractivity contribution in [2.75, 3.05) is 5.32 Å². The first-order valence-electron chi connectivity index (χ1n) is 6.11. The maximum absolute atomic E-state index is 12.0.